The van der Waals surface area contributed by atoms with Crippen molar-refractivity contribution in [1.82, 2.24) is 10.3 Å². The van der Waals surface area contributed by atoms with E-state index in [4.69, 9.17) is 23.2 Å². The van der Waals surface area contributed by atoms with Crippen LogP contribution in [0, 0.1) is 0 Å². The first-order valence-corrected chi connectivity index (χ1v) is 8.40. The fourth-order valence-corrected chi connectivity index (χ4v) is 2.82. The Kier molecular flexibility index (Phi) is 6.43. The minimum Gasteiger partial charge on any atom is -0.356 e. The van der Waals surface area contributed by atoms with Crippen LogP contribution < -0.4 is 10.2 Å². The predicted octanol–water partition coefficient (Wildman–Crippen LogP) is 1.82. The molecule has 2 rings (SSSR count). The van der Waals surface area contributed by atoms with Crippen molar-refractivity contribution in [2.75, 3.05) is 27.2 Å². The normalized spacial score (nSPS) is 10.9. The van der Waals surface area contributed by atoms with E-state index in [0.29, 0.717) is 17.8 Å². The molecule has 1 heterocycles. The summed E-state index contributed by atoms with van der Waals surface area (Å²) in [5.74, 6) is -0.565. The summed E-state index contributed by atoms with van der Waals surface area (Å²) >= 11 is 12.1. The number of carbonyl (C=O) groups excluding carboxylic acids is 2. The third kappa shape index (κ3) is 4.60. The zero-order valence-electron chi connectivity index (χ0n) is 13.6. The van der Waals surface area contributed by atoms with Crippen LogP contribution in [0.3, 0.4) is 0 Å². The first-order valence-electron chi connectivity index (χ1n) is 7.64. The van der Waals surface area contributed by atoms with Crippen LogP contribution in [0.5, 0.6) is 0 Å². The monoisotopic (exact) mass is 368 g/mol. The van der Waals surface area contributed by atoms with Crippen LogP contribution in [-0.4, -0.2) is 43.9 Å². The average Bonchev–Trinajstić information content (AvgIpc) is 3.01. The molecule has 24 heavy (non-hydrogen) atoms. The van der Waals surface area contributed by atoms with Crippen LogP contribution in [0.1, 0.15) is 32.8 Å². The van der Waals surface area contributed by atoms with Gasteiger partial charge < -0.3 is 15.2 Å². The van der Waals surface area contributed by atoms with Gasteiger partial charge in [-0.1, -0.05) is 29.3 Å². The molecule has 128 valence electrons. The van der Waals surface area contributed by atoms with Crippen LogP contribution in [0.25, 0.3) is 0 Å². The zero-order chi connectivity index (χ0) is 17.7. The molecule has 1 aromatic heterocycles. The minimum atomic E-state index is -0.322. The average molecular weight is 369 g/mol. The Morgan fingerprint density at radius 3 is 2.50 bits per heavy atom. The van der Waals surface area contributed by atoms with Crippen molar-refractivity contribution < 1.29 is 14.5 Å². The molecule has 0 bridgehead atoms. The lowest BCUT2D eigenvalue weighted by Crippen LogP contribution is -3.05. The van der Waals surface area contributed by atoms with Crippen molar-refractivity contribution in [3.05, 3.63) is 57.3 Å². The Morgan fingerprint density at radius 1 is 1.21 bits per heavy atom. The largest absolute Gasteiger partial charge is 0.356 e. The van der Waals surface area contributed by atoms with Crippen molar-refractivity contribution in [3.8, 4) is 0 Å². The molecule has 7 heteroatoms. The highest BCUT2D eigenvalue weighted by Crippen LogP contribution is 2.27. The maximum absolute atomic E-state index is 12.5. The van der Waals surface area contributed by atoms with E-state index < -0.39 is 0 Å². The zero-order valence-corrected chi connectivity index (χ0v) is 15.1. The molecule has 3 N–H and O–H groups in total. The SMILES string of the molecule is C[NH+](C)CCCNC(=O)c1cc(C(=O)c2c(Cl)cccc2Cl)c[nH]1. The van der Waals surface area contributed by atoms with Crippen molar-refractivity contribution >= 4 is 34.9 Å². The van der Waals surface area contributed by atoms with E-state index in [0.717, 1.165) is 13.0 Å². The molecular weight excluding hydrogens is 349 g/mol. The highest BCUT2D eigenvalue weighted by atomic mass is 35.5. The molecule has 0 radical (unpaired) electrons. The number of H-pyrrole nitrogens is 1. The third-order valence-electron chi connectivity index (χ3n) is 3.52. The molecule has 5 nitrogen and oxygen atoms in total. The highest BCUT2D eigenvalue weighted by molar-refractivity contribution is 6.41. The number of carbonyl (C=O) groups is 2. The number of ketones is 1. The molecule has 1 aromatic carbocycles. The second kappa shape index (κ2) is 8.33. The van der Waals surface area contributed by atoms with Gasteiger partial charge in [0, 0.05) is 24.7 Å². The maximum atomic E-state index is 12.5. The number of rotatable bonds is 7. The standard InChI is InChI=1S/C17H19Cl2N3O2/c1-22(2)8-4-7-20-17(24)14-9-11(10-21-14)16(23)15-12(18)5-3-6-13(15)19/h3,5-6,9-10,21H,4,7-8H2,1-2H3,(H,20,24)/p+1. The molecule has 2 aromatic rings. The molecule has 0 saturated carbocycles. The van der Waals surface area contributed by atoms with E-state index in [9.17, 15) is 9.59 Å². The quantitative estimate of drug-likeness (QED) is 0.515. The van der Waals surface area contributed by atoms with E-state index in [1.807, 2.05) is 0 Å². The fraction of sp³-hybridized carbons (Fsp3) is 0.294. The lowest BCUT2D eigenvalue weighted by atomic mass is 10.1. The van der Waals surface area contributed by atoms with E-state index in [1.165, 1.54) is 17.2 Å². The van der Waals surface area contributed by atoms with Gasteiger partial charge in [0.1, 0.15) is 5.69 Å². The number of hydrogen-bond donors (Lipinski definition) is 3. The summed E-state index contributed by atoms with van der Waals surface area (Å²) in [6.45, 7) is 1.56. The van der Waals surface area contributed by atoms with Crippen molar-refractivity contribution in [1.29, 1.82) is 0 Å². The number of aromatic nitrogens is 1. The molecular formula is C17H20Cl2N3O2+. The van der Waals surface area contributed by atoms with Crippen molar-refractivity contribution in [2.24, 2.45) is 0 Å². The fourth-order valence-electron chi connectivity index (χ4n) is 2.25. The summed E-state index contributed by atoms with van der Waals surface area (Å²) in [5, 5.41) is 3.39. The van der Waals surface area contributed by atoms with Gasteiger partial charge in [-0.3, -0.25) is 9.59 Å². The van der Waals surface area contributed by atoms with Crippen LogP contribution in [0.4, 0.5) is 0 Å². The summed E-state index contributed by atoms with van der Waals surface area (Å²) in [7, 11) is 4.12. The lowest BCUT2D eigenvalue weighted by Gasteiger charge is -2.07. The Bertz CT molecular complexity index is 721. The van der Waals surface area contributed by atoms with Crippen molar-refractivity contribution in [2.45, 2.75) is 6.42 Å². The molecule has 1 amide bonds. The number of halogens is 2. The number of quaternary nitrogens is 1. The Morgan fingerprint density at radius 2 is 1.88 bits per heavy atom. The van der Waals surface area contributed by atoms with Gasteiger partial charge in [-0.05, 0) is 18.2 Å². The molecule has 0 aliphatic heterocycles. The van der Waals surface area contributed by atoms with Crippen LogP contribution in [0.2, 0.25) is 10.0 Å². The maximum Gasteiger partial charge on any atom is 0.267 e. The second-order valence-corrected chi connectivity index (χ2v) is 6.61. The number of hydrogen-bond acceptors (Lipinski definition) is 2. The molecule has 0 fully saturated rings. The van der Waals surface area contributed by atoms with Crippen molar-refractivity contribution in [3.63, 3.8) is 0 Å². The van der Waals surface area contributed by atoms with Gasteiger partial charge in [0.15, 0.2) is 5.78 Å². The third-order valence-corrected chi connectivity index (χ3v) is 4.15. The molecule has 0 aliphatic carbocycles. The van der Waals surface area contributed by atoms with Gasteiger partial charge in [-0.25, -0.2) is 0 Å². The number of benzene rings is 1. The predicted molar refractivity (Wildman–Crippen MR) is 95.3 cm³/mol. The molecule has 0 aliphatic rings. The second-order valence-electron chi connectivity index (χ2n) is 5.79. The van der Waals surface area contributed by atoms with Gasteiger partial charge >= 0.3 is 0 Å². The first-order chi connectivity index (χ1) is 11.4. The number of amides is 1. The molecule has 0 saturated heterocycles. The summed E-state index contributed by atoms with van der Waals surface area (Å²) in [5.41, 5.74) is 0.910. The van der Waals surface area contributed by atoms with Gasteiger partial charge in [0.25, 0.3) is 5.91 Å². The van der Waals surface area contributed by atoms with E-state index in [2.05, 4.69) is 24.4 Å². The Hall–Kier alpha value is -1.82. The summed E-state index contributed by atoms with van der Waals surface area (Å²) < 4.78 is 0. The van der Waals surface area contributed by atoms with Gasteiger partial charge in [0.2, 0.25) is 0 Å². The summed E-state index contributed by atoms with van der Waals surface area (Å²) in [6, 6.07) is 6.39. The van der Waals surface area contributed by atoms with Gasteiger partial charge in [-0.2, -0.15) is 0 Å². The minimum absolute atomic E-state index is 0.237. The summed E-state index contributed by atoms with van der Waals surface area (Å²) in [6.07, 6.45) is 2.37. The lowest BCUT2D eigenvalue weighted by molar-refractivity contribution is -0.858. The number of nitrogens with one attached hydrogen (secondary N) is 3. The van der Waals surface area contributed by atoms with Crippen LogP contribution in [0.15, 0.2) is 30.5 Å². The molecule has 0 atom stereocenters. The van der Waals surface area contributed by atoms with E-state index in [-0.39, 0.29) is 27.3 Å². The van der Waals surface area contributed by atoms with Crippen LogP contribution >= 0.6 is 23.2 Å². The first kappa shape index (κ1) is 18.5. The molecule has 0 unspecified atom stereocenters. The van der Waals surface area contributed by atoms with Gasteiger partial charge in [-0.15, -0.1) is 0 Å². The summed E-state index contributed by atoms with van der Waals surface area (Å²) in [4.78, 5) is 28.8. The Balaban J connectivity index is 2.05. The molecule has 0 spiro atoms. The topological polar surface area (TPSA) is 66.4 Å². The Labute approximate surface area is 150 Å². The highest BCUT2D eigenvalue weighted by Gasteiger charge is 2.19. The van der Waals surface area contributed by atoms with Gasteiger partial charge in [0.05, 0.1) is 36.2 Å². The smallest absolute Gasteiger partial charge is 0.267 e. The number of aromatic amines is 1. The van der Waals surface area contributed by atoms with E-state index in [1.54, 1.807) is 18.2 Å². The van der Waals surface area contributed by atoms with E-state index >= 15 is 0 Å². The van der Waals surface area contributed by atoms with Crippen LogP contribution in [-0.2, 0) is 0 Å².